The summed E-state index contributed by atoms with van der Waals surface area (Å²) in [6.07, 6.45) is 2.53. The highest BCUT2D eigenvalue weighted by atomic mass is 35.5. The lowest BCUT2D eigenvalue weighted by Gasteiger charge is -2.33. The Morgan fingerprint density at radius 1 is 1.55 bits per heavy atom. The molecule has 0 bridgehead atoms. The van der Waals surface area contributed by atoms with E-state index in [1.54, 1.807) is 13.3 Å². The van der Waals surface area contributed by atoms with Crippen molar-refractivity contribution in [2.45, 2.75) is 6.42 Å². The maximum atomic E-state index is 6.23. The zero-order valence-corrected chi connectivity index (χ0v) is 13.4. The number of methoxy groups -OCH3 is 1. The molecule has 0 aromatic heterocycles. The second-order valence-electron chi connectivity index (χ2n) is 4.23. The van der Waals surface area contributed by atoms with Crippen molar-refractivity contribution in [2.24, 2.45) is 10.7 Å². The van der Waals surface area contributed by atoms with Gasteiger partial charge in [-0.25, -0.2) is 4.99 Å². The van der Waals surface area contributed by atoms with Gasteiger partial charge >= 0.3 is 0 Å². The molecule has 1 aliphatic rings. The van der Waals surface area contributed by atoms with Crippen molar-refractivity contribution in [3.8, 4) is 5.75 Å². The number of aryl methyl sites for hydroxylation is 1. The van der Waals surface area contributed by atoms with Crippen LogP contribution in [-0.2, 0) is 6.42 Å². The number of nitrogens with zero attached hydrogens (tertiary/aromatic N) is 1. The fourth-order valence-corrected chi connectivity index (χ4v) is 5.02. The minimum atomic E-state index is -1.58. The van der Waals surface area contributed by atoms with Crippen LogP contribution in [0.5, 0.6) is 5.75 Å². The molecule has 1 unspecified atom stereocenters. The third-order valence-electron chi connectivity index (χ3n) is 2.90. The maximum absolute atomic E-state index is 6.23. The first-order valence-corrected chi connectivity index (χ1v) is 8.62. The van der Waals surface area contributed by atoms with Crippen molar-refractivity contribution < 1.29 is 4.74 Å². The van der Waals surface area contributed by atoms with Crippen LogP contribution in [0.25, 0.3) is 0 Å². The Kier molecular flexibility index (Phi) is 4.91. The van der Waals surface area contributed by atoms with Gasteiger partial charge in [-0.1, -0.05) is 33.9 Å². The number of hydrogen-bond acceptors (Lipinski definition) is 3. The number of halogens is 1. The summed E-state index contributed by atoms with van der Waals surface area (Å²) in [6.45, 7) is 0. The normalized spacial score (nSPS) is 23.8. The topological polar surface area (TPSA) is 59.6 Å². The van der Waals surface area contributed by atoms with Gasteiger partial charge in [0.1, 0.15) is 5.75 Å². The highest BCUT2D eigenvalue weighted by Crippen LogP contribution is 2.51. The van der Waals surface area contributed by atoms with Gasteiger partial charge in [-0.05, 0) is 41.7 Å². The van der Waals surface area contributed by atoms with E-state index in [1.807, 2.05) is 23.6 Å². The van der Waals surface area contributed by atoms with Crippen molar-refractivity contribution in [1.29, 1.82) is 0 Å². The Labute approximate surface area is 130 Å². The molecule has 0 spiro atoms. The summed E-state index contributed by atoms with van der Waals surface area (Å²) in [7, 11) is 0.0772. The monoisotopic (exact) mass is 329 g/mol. The van der Waals surface area contributed by atoms with Gasteiger partial charge in [0.2, 0.25) is 0 Å². The zero-order valence-electron chi connectivity index (χ0n) is 11.0. The molecule has 4 nitrogen and oxygen atoms in total. The average Bonchev–Trinajstić information content (AvgIpc) is 2.78. The molecule has 3 N–H and O–H groups in total. The molecule has 1 heterocycles. The number of benzene rings is 1. The van der Waals surface area contributed by atoms with E-state index in [4.69, 9.17) is 34.3 Å². The predicted octanol–water partition coefficient (Wildman–Crippen LogP) is 2.87. The van der Waals surface area contributed by atoms with Crippen LogP contribution < -0.4 is 15.2 Å². The molecule has 1 atom stereocenters. The third-order valence-corrected chi connectivity index (χ3v) is 6.78. The summed E-state index contributed by atoms with van der Waals surface area (Å²) in [5, 5.41) is 2.21. The van der Waals surface area contributed by atoms with Crippen molar-refractivity contribution in [2.75, 3.05) is 12.9 Å². The first kappa shape index (κ1) is 15.2. The van der Waals surface area contributed by atoms with Gasteiger partial charge in [0.25, 0.3) is 0 Å². The van der Waals surface area contributed by atoms with Crippen LogP contribution in [-0.4, -0.2) is 22.5 Å². The average molecular weight is 330 g/mol. The largest absolute Gasteiger partial charge is 0.497 e. The molecule has 0 amide bonds. The smallest absolute Gasteiger partial charge is 0.173 e. The third kappa shape index (κ3) is 3.45. The number of hydrogen-bond donors (Lipinski definition) is 2. The molecule has 0 saturated carbocycles. The molecular formula is C13H16ClN3OS2. The summed E-state index contributed by atoms with van der Waals surface area (Å²) in [5.41, 5.74) is 6.78. The summed E-state index contributed by atoms with van der Waals surface area (Å²) >= 11 is 11.2. The minimum absolute atomic E-state index is 0.241. The predicted molar refractivity (Wildman–Crippen MR) is 91.5 cm³/mol. The zero-order chi connectivity index (χ0) is 14.6. The molecule has 7 heteroatoms. The van der Waals surface area contributed by atoms with Crippen LogP contribution in [0.15, 0.2) is 40.9 Å². The molecule has 0 aliphatic carbocycles. The lowest BCUT2D eigenvalue weighted by atomic mass is 10.2. The Hall–Kier alpha value is -1.24. The second kappa shape index (κ2) is 6.47. The molecule has 1 aromatic carbocycles. The molecule has 20 heavy (non-hydrogen) atoms. The van der Waals surface area contributed by atoms with E-state index in [0.717, 1.165) is 17.9 Å². The van der Waals surface area contributed by atoms with Gasteiger partial charge in [-0.3, -0.25) is 0 Å². The fourth-order valence-electron chi connectivity index (χ4n) is 1.91. The number of thiocarbonyl (C=S) groups is 1. The van der Waals surface area contributed by atoms with E-state index < -0.39 is 10.2 Å². The van der Waals surface area contributed by atoms with Crippen LogP contribution >= 0.6 is 34.0 Å². The molecule has 1 aromatic rings. The second-order valence-corrected chi connectivity index (χ2v) is 8.11. The van der Waals surface area contributed by atoms with E-state index >= 15 is 0 Å². The summed E-state index contributed by atoms with van der Waals surface area (Å²) < 4.78 is 8.88. The Morgan fingerprint density at radius 2 is 2.35 bits per heavy atom. The fraction of sp³-hybridized carbons (Fsp3) is 0.231. The first-order valence-electron chi connectivity index (χ1n) is 5.97. The van der Waals surface area contributed by atoms with Crippen molar-refractivity contribution in [1.82, 2.24) is 4.72 Å². The van der Waals surface area contributed by atoms with Crippen LogP contribution in [0.3, 0.4) is 0 Å². The SMILES string of the molecule is COc1cccc(CCS2(NC(N)=S)C=CN=C2Cl)c1. The Balaban J connectivity index is 2.11. The highest BCUT2D eigenvalue weighted by molar-refractivity contribution is 8.48. The van der Waals surface area contributed by atoms with Crippen LogP contribution in [0.4, 0.5) is 0 Å². The standard InChI is InChI=1S/C13H16ClN3OS2/c1-18-11-4-2-3-10(9-11)5-7-20(17-13(15)19)8-6-16-12(20)14/h2-4,6,8-9H,5,7H2,1H3,(H3,15,17,19). The number of nitrogens with one attached hydrogen (secondary N) is 1. The molecule has 2 rings (SSSR count). The number of nitrogens with two attached hydrogens (primary N) is 1. The van der Waals surface area contributed by atoms with E-state index in [9.17, 15) is 0 Å². The van der Waals surface area contributed by atoms with Crippen molar-refractivity contribution >= 4 is 43.6 Å². The van der Waals surface area contributed by atoms with Crippen LogP contribution in [0, 0.1) is 0 Å². The Bertz CT molecular complexity index is 576. The van der Waals surface area contributed by atoms with Gasteiger partial charge in [0.15, 0.2) is 9.62 Å². The number of rotatable bonds is 5. The maximum Gasteiger partial charge on any atom is 0.173 e. The van der Waals surface area contributed by atoms with Crippen molar-refractivity contribution in [3.05, 3.63) is 41.4 Å². The van der Waals surface area contributed by atoms with Gasteiger partial charge in [0.05, 0.1) is 7.11 Å². The highest BCUT2D eigenvalue weighted by Gasteiger charge is 2.29. The number of ether oxygens (including phenoxy) is 1. The summed E-state index contributed by atoms with van der Waals surface area (Å²) in [4.78, 5) is 4.12. The van der Waals surface area contributed by atoms with Crippen molar-refractivity contribution in [3.63, 3.8) is 0 Å². The van der Waals surface area contributed by atoms with Gasteiger partial charge < -0.3 is 15.2 Å². The minimum Gasteiger partial charge on any atom is -0.497 e. The van der Waals surface area contributed by atoms with Crippen LogP contribution in [0.1, 0.15) is 5.56 Å². The number of aliphatic imine (C=N–C) groups is 1. The Morgan fingerprint density at radius 3 is 2.95 bits per heavy atom. The molecule has 0 radical (unpaired) electrons. The van der Waals surface area contributed by atoms with Gasteiger partial charge in [-0.15, -0.1) is 0 Å². The summed E-state index contributed by atoms with van der Waals surface area (Å²) in [5.74, 6) is 1.63. The van der Waals surface area contributed by atoms with Gasteiger partial charge in [0, 0.05) is 12.0 Å². The lowest BCUT2D eigenvalue weighted by Crippen LogP contribution is -2.35. The quantitative estimate of drug-likeness (QED) is 0.815. The first-order chi connectivity index (χ1) is 9.55. The van der Waals surface area contributed by atoms with E-state index in [1.165, 1.54) is 5.56 Å². The van der Waals surface area contributed by atoms with E-state index in [0.29, 0.717) is 4.50 Å². The molecule has 0 saturated heterocycles. The van der Waals surface area contributed by atoms with Gasteiger partial charge in [-0.2, -0.15) is 0 Å². The van der Waals surface area contributed by atoms with E-state index in [-0.39, 0.29) is 5.11 Å². The molecular weight excluding hydrogens is 314 g/mol. The summed E-state index contributed by atoms with van der Waals surface area (Å²) in [6, 6.07) is 7.96. The van der Waals surface area contributed by atoms with Crippen LogP contribution in [0.2, 0.25) is 0 Å². The molecule has 108 valence electrons. The molecule has 1 aliphatic heterocycles. The lowest BCUT2D eigenvalue weighted by molar-refractivity contribution is 0.414. The van der Waals surface area contributed by atoms with E-state index in [2.05, 4.69) is 15.8 Å². The molecule has 0 fully saturated rings.